The van der Waals surface area contributed by atoms with Crippen LogP contribution in [0.5, 0.6) is 0 Å². The largest absolute Gasteiger partial charge is 0.396 e. The minimum atomic E-state index is 0.289. The Hall–Kier alpha value is -1.13. The molecule has 1 saturated heterocycles. The molecule has 21 heavy (non-hydrogen) atoms. The Kier molecular flexibility index (Phi) is 6.46. The van der Waals surface area contributed by atoms with E-state index in [1.807, 2.05) is 6.20 Å². The first-order valence-corrected chi connectivity index (χ1v) is 8.33. The molecule has 2 unspecified atom stereocenters. The second-order valence-electron chi connectivity index (χ2n) is 5.98. The van der Waals surface area contributed by atoms with Gasteiger partial charge in [-0.2, -0.15) is 0 Å². The average Bonchev–Trinajstić information content (AvgIpc) is 2.99. The molecule has 4 heteroatoms. The lowest BCUT2D eigenvalue weighted by atomic mass is 10.1. The van der Waals surface area contributed by atoms with E-state index in [1.54, 1.807) is 0 Å². The molecule has 0 aromatic carbocycles. The molecule has 0 saturated carbocycles. The van der Waals surface area contributed by atoms with Crippen molar-refractivity contribution in [2.45, 2.75) is 58.0 Å². The fourth-order valence-electron chi connectivity index (χ4n) is 3.07. The van der Waals surface area contributed by atoms with Gasteiger partial charge in [0.1, 0.15) is 5.82 Å². The maximum atomic E-state index is 9.01. The SMILES string of the molecule is CCCNC(C)c1ccc(N2CCCC2CCCO)nc1. The van der Waals surface area contributed by atoms with Crippen LogP contribution in [0.3, 0.4) is 0 Å². The quantitative estimate of drug-likeness (QED) is 0.773. The Labute approximate surface area is 128 Å². The lowest BCUT2D eigenvalue weighted by Gasteiger charge is -2.26. The van der Waals surface area contributed by atoms with Gasteiger partial charge in [0.05, 0.1) is 0 Å². The first-order chi connectivity index (χ1) is 10.3. The number of hydrogen-bond acceptors (Lipinski definition) is 4. The van der Waals surface area contributed by atoms with Gasteiger partial charge >= 0.3 is 0 Å². The predicted molar refractivity (Wildman–Crippen MR) is 87.6 cm³/mol. The molecule has 118 valence electrons. The smallest absolute Gasteiger partial charge is 0.128 e. The van der Waals surface area contributed by atoms with Crippen LogP contribution in [0.2, 0.25) is 0 Å². The first kappa shape index (κ1) is 16.2. The van der Waals surface area contributed by atoms with Crippen LogP contribution in [-0.2, 0) is 0 Å². The van der Waals surface area contributed by atoms with E-state index in [-0.39, 0.29) is 6.61 Å². The van der Waals surface area contributed by atoms with Crippen LogP contribution >= 0.6 is 0 Å². The molecule has 2 atom stereocenters. The number of anilines is 1. The molecule has 1 aromatic rings. The van der Waals surface area contributed by atoms with Crippen LogP contribution in [-0.4, -0.2) is 35.8 Å². The molecule has 4 nitrogen and oxygen atoms in total. The Bertz CT molecular complexity index is 407. The van der Waals surface area contributed by atoms with Crippen molar-refractivity contribution in [2.24, 2.45) is 0 Å². The zero-order valence-corrected chi connectivity index (χ0v) is 13.4. The van der Waals surface area contributed by atoms with Crippen LogP contribution in [0.25, 0.3) is 0 Å². The van der Waals surface area contributed by atoms with Gasteiger partial charge in [0.25, 0.3) is 0 Å². The maximum absolute atomic E-state index is 9.01. The lowest BCUT2D eigenvalue weighted by molar-refractivity contribution is 0.279. The zero-order valence-electron chi connectivity index (χ0n) is 13.4. The van der Waals surface area contributed by atoms with Crippen molar-refractivity contribution < 1.29 is 5.11 Å². The van der Waals surface area contributed by atoms with Gasteiger partial charge in [-0.25, -0.2) is 4.98 Å². The minimum absolute atomic E-state index is 0.289. The summed E-state index contributed by atoms with van der Waals surface area (Å²) in [4.78, 5) is 7.08. The molecular weight excluding hydrogens is 262 g/mol. The molecule has 2 rings (SSSR count). The molecule has 1 aromatic heterocycles. The summed E-state index contributed by atoms with van der Waals surface area (Å²) in [6, 6.07) is 5.25. The van der Waals surface area contributed by atoms with E-state index < -0.39 is 0 Å². The molecular formula is C17H29N3O. The van der Waals surface area contributed by atoms with E-state index in [0.717, 1.165) is 38.2 Å². The Morgan fingerprint density at radius 2 is 2.33 bits per heavy atom. The highest BCUT2D eigenvalue weighted by molar-refractivity contribution is 5.42. The lowest BCUT2D eigenvalue weighted by Crippen LogP contribution is -2.30. The molecule has 1 fully saturated rings. The second kappa shape index (κ2) is 8.35. The van der Waals surface area contributed by atoms with Crippen LogP contribution in [0.1, 0.15) is 57.6 Å². The molecule has 0 spiro atoms. The summed E-state index contributed by atoms with van der Waals surface area (Å²) < 4.78 is 0. The minimum Gasteiger partial charge on any atom is -0.396 e. The van der Waals surface area contributed by atoms with E-state index in [9.17, 15) is 0 Å². The molecule has 0 bridgehead atoms. The highest BCUT2D eigenvalue weighted by Gasteiger charge is 2.25. The molecule has 1 aliphatic heterocycles. The number of nitrogens with one attached hydrogen (secondary N) is 1. The topological polar surface area (TPSA) is 48.4 Å². The van der Waals surface area contributed by atoms with E-state index in [2.05, 4.69) is 41.2 Å². The fraction of sp³-hybridized carbons (Fsp3) is 0.706. The van der Waals surface area contributed by atoms with Crippen molar-refractivity contribution in [3.8, 4) is 0 Å². The van der Waals surface area contributed by atoms with Crippen LogP contribution in [0.4, 0.5) is 5.82 Å². The zero-order chi connectivity index (χ0) is 15.1. The number of rotatable bonds is 8. The molecule has 2 N–H and O–H groups in total. The van der Waals surface area contributed by atoms with E-state index >= 15 is 0 Å². The van der Waals surface area contributed by atoms with E-state index in [4.69, 9.17) is 5.11 Å². The van der Waals surface area contributed by atoms with Crippen molar-refractivity contribution in [1.82, 2.24) is 10.3 Å². The number of aliphatic hydroxyl groups is 1. The molecule has 0 aliphatic carbocycles. The summed E-state index contributed by atoms with van der Waals surface area (Å²) in [6.07, 6.45) is 7.55. The summed E-state index contributed by atoms with van der Waals surface area (Å²) in [5, 5.41) is 12.5. The van der Waals surface area contributed by atoms with Gasteiger partial charge in [0.15, 0.2) is 0 Å². The molecule has 2 heterocycles. The molecule has 0 radical (unpaired) electrons. The van der Waals surface area contributed by atoms with Crippen molar-refractivity contribution >= 4 is 5.82 Å². The van der Waals surface area contributed by atoms with Crippen LogP contribution in [0.15, 0.2) is 18.3 Å². The summed E-state index contributed by atoms with van der Waals surface area (Å²) in [5.41, 5.74) is 1.25. The number of hydrogen-bond donors (Lipinski definition) is 2. The third-order valence-corrected chi connectivity index (χ3v) is 4.34. The summed E-state index contributed by atoms with van der Waals surface area (Å²) in [6.45, 7) is 6.79. The number of aromatic nitrogens is 1. The predicted octanol–water partition coefficient (Wildman–Crippen LogP) is 2.88. The highest BCUT2D eigenvalue weighted by Crippen LogP contribution is 2.27. The highest BCUT2D eigenvalue weighted by atomic mass is 16.2. The summed E-state index contributed by atoms with van der Waals surface area (Å²) in [7, 11) is 0. The second-order valence-corrected chi connectivity index (χ2v) is 5.98. The van der Waals surface area contributed by atoms with Gasteiger partial charge in [0, 0.05) is 31.4 Å². The number of aliphatic hydroxyl groups excluding tert-OH is 1. The van der Waals surface area contributed by atoms with Gasteiger partial charge in [-0.3, -0.25) is 0 Å². The molecule has 0 amide bonds. The average molecular weight is 291 g/mol. The van der Waals surface area contributed by atoms with E-state index in [1.165, 1.54) is 18.4 Å². The Morgan fingerprint density at radius 3 is 3.00 bits per heavy atom. The van der Waals surface area contributed by atoms with Crippen LogP contribution < -0.4 is 10.2 Å². The van der Waals surface area contributed by atoms with Crippen molar-refractivity contribution in [2.75, 3.05) is 24.6 Å². The van der Waals surface area contributed by atoms with Gasteiger partial charge in [-0.1, -0.05) is 13.0 Å². The third kappa shape index (κ3) is 4.42. The Balaban J connectivity index is 1.97. The van der Waals surface area contributed by atoms with Crippen molar-refractivity contribution in [1.29, 1.82) is 0 Å². The summed E-state index contributed by atoms with van der Waals surface area (Å²) >= 11 is 0. The van der Waals surface area contributed by atoms with Crippen molar-refractivity contribution in [3.63, 3.8) is 0 Å². The van der Waals surface area contributed by atoms with Gasteiger partial charge in [-0.05, 0) is 57.2 Å². The number of nitrogens with zero attached hydrogens (tertiary/aromatic N) is 2. The third-order valence-electron chi connectivity index (χ3n) is 4.34. The monoisotopic (exact) mass is 291 g/mol. The van der Waals surface area contributed by atoms with Gasteiger partial charge in [-0.15, -0.1) is 0 Å². The van der Waals surface area contributed by atoms with Gasteiger partial charge < -0.3 is 15.3 Å². The normalized spacial score (nSPS) is 20.0. The van der Waals surface area contributed by atoms with Crippen molar-refractivity contribution in [3.05, 3.63) is 23.9 Å². The van der Waals surface area contributed by atoms with Crippen LogP contribution in [0, 0.1) is 0 Å². The number of pyridine rings is 1. The maximum Gasteiger partial charge on any atom is 0.128 e. The van der Waals surface area contributed by atoms with Gasteiger partial charge in [0.2, 0.25) is 0 Å². The summed E-state index contributed by atoms with van der Waals surface area (Å²) in [5.74, 6) is 1.09. The fourth-order valence-corrected chi connectivity index (χ4v) is 3.07. The first-order valence-electron chi connectivity index (χ1n) is 8.33. The molecule has 1 aliphatic rings. The standard InChI is InChI=1S/C17H29N3O/c1-3-10-18-14(2)15-8-9-17(19-13-15)20-11-4-6-16(20)7-5-12-21/h8-9,13-14,16,18,21H,3-7,10-12H2,1-2H3. The van der Waals surface area contributed by atoms with E-state index in [0.29, 0.717) is 12.1 Å². The Morgan fingerprint density at radius 1 is 1.48 bits per heavy atom.